The van der Waals surface area contributed by atoms with Crippen LogP contribution < -0.4 is 10.1 Å². The SMILES string of the molecule is CCC1(CC)Oc2cc(C(F)(F)F)ccc2-c2nc(NC(=O)c3c(Cl)ncnc3Cl)sc21. The highest BCUT2D eigenvalue weighted by atomic mass is 35.5. The number of hydrogen-bond acceptors (Lipinski definition) is 6. The molecule has 168 valence electrons. The number of benzene rings is 1. The summed E-state index contributed by atoms with van der Waals surface area (Å²) >= 11 is 13.1. The van der Waals surface area contributed by atoms with Crippen molar-refractivity contribution < 1.29 is 22.7 Å². The smallest absolute Gasteiger partial charge is 0.416 e. The van der Waals surface area contributed by atoms with Crippen LogP contribution in [0, 0.1) is 0 Å². The summed E-state index contributed by atoms with van der Waals surface area (Å²) < 4.78 is 45.8. The summed E-state index contributed by atoms with van der Waals surface area (Å²) in [6.07, 6.45) is -2.39. The second-order valence-electron chi connectivity index (χ2n) is 6.99. The van der Waals surface area contributed by atoms with Crippen molar-refractivity contribution in [2.24, 2.45) is 0 Å². The number of nitrogens with one attached hydrogen (secondary N) is 1. The number of anilines is 1. The van der Waals surface area contributed by atoms with Crippen LogP contribution >= 0.6 is 34.5 Å². The van der Waals surface area contributed by atoms with Crippen molar-refractivity contribution >= 4 is 45.6 Å². The number of aromatic nitrogens is 3. The Morgan fingerprint density at radius 1 is 1.19 bits per heavy atom. The van der Waals surface area contributed by atoms with E-state index >= 15 is 0 Å². The first-order valence-electron chi connectivity index (χ1n) is 9.49. The van der Waals surface area contributed by atoms with Gasteiger partial charge in [-0.05, 0) is 31.0 Å². The van der Waals surface area contributed by atoms with E-state index in [1.165, 1.54) is 17.4 Å². The molecular formula is C20H15Cl2F3N4O2S. The van der Waals surface area contributed by atoms with Crippen molar-refractivity contribution in [2.75, 3.05) is 5.32 Å². The van der Waals surface area contributed by atoms with Crippen molar-refractivity contribution in [3.8, 4) is 17.0 Å². The minimum atomic E-state index is -4.50. The standard InChI is InChI=1S/C20H15Cl2F3N4O2S/c1-3-19(4-2)14-13(10-6-5-9(20(23,24)25)7-11(10)31-19)28-18(32-14)29-17(30)12-15(21)26-8-27-16(12)22/h5-8H,3-4H2,1-2H3,(H,28,29,30). The van der Waals surface area contributed by atoms with Crippen LogP contribution in [0.5, 0.6) is 5.75 Å². The highest BCUT2D eigenvalue weighted by molar-refractivity contribution is 7.16. The molecule has 1 aliphatic rings. The normalized spacial score (nSPS) is 14.3. The molecule has 32 heavy (non-hydrogen) atoms. The third-order valence-electron chi connectivity index (χ3n) is 5.25. The van der Waals surface area contributed by atoms with E-state index in [1.807, 2.05) is 13.8 Å². The summed E-state index contributed by atoms with van der Waals surface area (Å²) in [6, 6.07) is 3.29. The van der Waals surface area contributed by atoms with Gasteiger partial charge in [0.05, 0.1) is 16.1 Å². The Bertz CT molecular complexity index is 1190. The number of carbonyl (C=O) groups is 1. The minimum Gasteiger partial charge on any atom is -0.481 e. The summed E-state index contributed by atoms with van der Waals surface area (Å²) in [5, 5.41) is 2.62. The number of alkyl halides is 3. The molecule has 0 radical (unpaired) electrons. The summed E-state index contributed by atoms with van der Waals surface area (Å²) in [5.74, 6) is -0.555. The molecule has 1 N–H and O–H groups in total. The maximum absolute atomic E-state index is 13.2. The van der Waals surface area contributed by atoms with E-state index in [1.54, 1.807) is 0 Å². The van der Waals surface area contributed by atoms with Crippen LogP contribution in [-0.2, 0) is 11.8 Å². The molecule has 0 aliphatic carbocycles. The second kappa shape index (κ2) is 8.17. The molecule has 0 fully saturated rings. The highest BCUT2D eigenvalue weighted by Crippen LogP contribution is 2.52. The van der Waals surface area contributed by atoms with E-state index in [2.05, 4.69) is 20.3 Å². The van der Waals surface area contributed by atoms with Crippen LogP contribution in [0.3, 0.4) is 0 Å². The van der Waals surface area contributed by atoms with E-state index in [0.717, 1.165) is 18.5 Å². The van der Waals surface area contributed by atoms with Gasteiger partial charge in [0.2, 0.25) is 0 Å². The van der Waals surface area contributed by atoms with Crippen LogP contribution in [0.4, 0.5) is 18.3 Å². The molecule has 4 rings (SSSR count). The first-order valence-corrected chi connectivity index (χ1v) is 11.1. The van der Waals surface area contributed by atoms with Crippen LogP contribution in [0.1, 0.15) is 47.5 Å². The molecule has 1 aliphatic heterocycles. The summed E-state index contributed by atoms with van der Waals surface area (Å²) in [4.78, 5) is 25.4. The number of halogens is 5. The first-order chi connectivity index (χ1) is 15.1. The molecule has 0 saturated carbocycles. The van der Waals surface area contributed by atoms with Gasteiger partial charge < -0.3 is 4.74 Å². The molecule has 0 bridgehead atoms. The number of hydrogen-bond donors (Lipinski definition) is 1. The van der Waals surface area contributed by atoms with Gasteiger partial charge in [0.15, 0.2) is 5.13 Å². The van der Waals surface area contributed by atoms with Gasteiger partial charge in [-0.15, -0.1) is 0 Å². The highest BCUT2D eigenvalue weighted by Gasteiger charge is 2.42. The van der Waals surface area contributed by atoms with Crippen LogP contribution in [0.25, 0.3) is 11.3 Å². The fourth-order valence-corrected chi connectivity index (χ4v) is 5.24. The molecule has 0 saturated heterocycles. The monoisotopic (exact) mass is 502 g/mol. The van der Waals surface area contributed by atoms with Gasteiger partial charge in [-0.25, -0.2) is 15.0 Å². The number of rotatable bonds is 4. The van der Waals surface area contributed by atoms with Crippen molar-refractivity contribution in [3.63, 3.8) is 0 Å². The van der Waals surface area contributed by atoms with E-state index in [0.29, 0.717) is 29.0 Å². The molecule has 2 aromatic heterocycles. The van der Waals surface area contributed by atoms with Gasteiger partial charge in [0, 0.05) is 5.56 Å². The molecule has 1 aromatic carbocycles. The summed E-state index contributed by atoms with van der Waals surface area (Å²) in [7, 11) is 0. The van der Waals surface area contributed by atoms with Gasteiger partial charge >= 0.3 is 6.18 Å². The lowest BCUT2D eigenvalue weighted by atomic mass is 9.89. The van der Waals surface area contributed by atoms with Gasteiger partial charge in [0.1, 0.15) is 33.5 Å². The maximum Gasteiger partial charge on any atom is 0.416 e. The van der Waals surface area contributed by atoms with Crippen molar-refractivity contribution in [1.29, 1.82) is 0 Å². The van der Waals surface area contributed by atoms with Crippen molar-refractivity contribution in [2.45, 2.75) is 38.5 Å². The van der Waals surface area contributed by atoms with E-state index in [9.17, 15) is 18.0 Å². The fraction of sp³-hybridized carbons (Fsp3) is 0.300. The average Bonchev–Trinajstić information content (AvgIpc) is 3.16. The number of carbonyl (C=O) groups excluding carboxylic acids is 1. The average molecular weight is 503 g/mol. The molecule has 0 atom stereocenters. The summed E-state index contributed by atoms with van der Waals surface area (Å²) in [5.41, 5.74) is -0.907. The lowest BCUT2D eigenvalue weighted by Crippen LogP contribution is -2.34. The lowest BCUT2D eigenvalue weighted by Gasteiger charge is -2.36. The van der Waals surface area contributed by atoms with Crippen molar-refractivity contribution in [1.82, 2.24) is 15.0 Å². The molecule has 0 unspecified atom stereocenters. The molecule has 1 amide bonds. The third-order valence-corrected chi connectivity index (χ3v) is 6.98. The first kappa shape index (κ1) is 22.8. The molecule has 0 spiro atoms. The Balaban J connectivity index is 1.79. The Morgan fingerprint density at radius 3 is 2.44 bits per heavy atom. The Labute approximate surface area is 194 Å². The quantitative estimate of drug-likeness (QED) is 0.407. The van der Waals surface area contributed by atoms with Crippen LogP contribution in [-0.4, -0.2) is 20.9 Å². The zero-order chi connectivity index (χ0) is 23.3. The van der Waals surface area contributed by atoms with E-state index in [4.69, 9.17) is 27.9 Å². The van der Waals surface area contributed by atoms with Gasteiger partial charge in [-0.3, -0.25) is 10.1 Å². The lowest BCUT2D eigenvalue weighted by molar-refractivity contribution is -0.137. The molecule has 12 heteroatoms. The molecule has 6 nitrogen and oxygen atoms in total. The maximum atomic E-state index is 13.2. The molecular weight excluding hydrogens is 488 g/mol. The second-order valence-corrected chi connectivity index (χ2v) is 8.71. The van der Waals surface area contributed by atoms with Crippen molar-refractivity contribution in [3.05, 3.63) is 50.8 Å². The number of thiazole rings is 1. The van der Waals surface area contributed by atoms with E-state index < -0.39 is 23.2 Å². The predicted octanol–water partition coefficient (Wildman–Crippen LogP) is 6.59. The zero-order valence-corrected chi connectivity index (χ0v) is 19.0. The van der Waals surface area contributed by atoms with Gasteiger partial charge in [-0.1, -0.05) is 48.4 Å². The van der Waals surface area contributed by atoms with Gasteiger partial charge in [-0.2, -0.15) is 13.2 Å². The number of amides is 1. The third kappa shape index (κ3) is 3.80. The van der Waals surface area contributed by atoms with Crippen LogP contribution in [0.2, 0.25) is 10.3 Å². The predicted molar refractivity (Wildman–Crippen MR) is 115 cm³/mol. The molecule has 3 aromatic rings. The summed E-state index contributed by atoms with van der Waals surface area (Å²) in [6.45, 7) is 3.76. The fourth-order valence-electron chi connectivity index (χ4n) is 3.51. The Kier molecular flexibility index (Phi) is 5.81. The Morgan fingerprint density at radius 2 is 1.84 bits per heavy atom. The number of ether oxygens (including phenoxy) is 1. The van der Waals surface area contributed by atoms with Crippen LogP contribution in [0.15, 0.2) is 24.5 Å². The largest absolute Gasteiger partial charge is 0.481 e. The zero-order valence-electron chi connectivity index (χ0n) is 16.7. The number of nitrogens with zero attached hydrogens (tertiary/aromatic N) is 3. The van der Waals surface area contributed by atoms with Gasteiger partial charge in [0.25, 0.3) is 5.91 Å². The molecule has 3 heterocycles. The number of fused-ring (bicyclic) bond motifs is 3. The topological polar surface area (TPSA) is 77.0 Å². The minimum absolute atomic E-state index is 0.0988. The Hall–Kier alpha value is -2.43. The van der Waals surface area contributed by atoms with E-state index in [-0.39, 0.29) is 26.8 Å².